The standard InChI is InChI=1S/C24H31N4O5P/c1-4-18-19(15-22(31-18)27-14-12-21(25-16(2)29)26-23(27)30)32-34-28-13-8-11-20(28)24(3,33-34)17-9-6-5-7-10-17/h5-7,9-10,12,14,18-20,22H,4,8,11,13,15H2,1-3H3,(H,25,26,29,30)/t18-,19-,20-,22-,24+,34-/m1/s1. The maximum Gasteiger partial charge on any atom is 0.351 e. The number of nitrogens with zero attached hydrogens (tertiary/aromatic N) is 3. The number of carbonyl (C=O) groups is 1. The average molecular weight is 487 g/mol. The molecule has 0 aliphatic carbocycles. The van der Waals surface area contributed by atoms with Crippen molar-refractivity contribution in [1.29, 1.82) is 0 Å². The topological polar surface area (TPSA) is 94.9 Å². The molecule has 3 saturated heterocycles. The number of amides is 1. The van der Waals surface area contributed by atoms with Crippen molar-refractivity contribution in [3.63, 3.8) is 0 Å². The Morgan fingerprint density at radius 1 is 1.32 bits per heavy atom. The van der Waals surface area contributed by atoms with Gasteiger partial charge in [0.1, 0.15) is 17.6 Å². The maximum absolute atomic E-state index is 12.6. The number of ether oxygens (including phenoxy) is 1. The molecule has 0 bridgehead atoms. The van der Waals surface area contributed by atoms with Gasteiger partial charge in [-0.15, -0.1) is 0 Å². The van der Waals surface area contributed by atoms with Gasteiger partial charge in [-0.05, 0) is 37.8 Å². The molecule has 1 aromatic heterocycles. The first-order chi connectivity index (χ1) is 16.4. The Labute approximate surface area is 200 Å². The van der Waals surface area contributed by atoms with Crippen molar-refractivity contribution in [2.75, 3.05) is 11.9 Å². The molecule has 0 unspecified atom stereocenters. The van der Waals surface area contributed by atoms with Crippen molar-refractivity contribution >= 4 is 20.3 Å². The Hall–Kier alpha value is -2.16. The van der Waals surface area contributed by atoms with E-state index in [4.69, 9.17) is 13.8 Å². The van der Waals surface area contributed by atoms with Crippen LogP contribution in [0.3, 0.4) is 0 Å². The SMILES string of the molecule is CC[C@H]1O[C@@H](n2ccc(NC(C)=O)nc2=O)C[C@H]1O[P@]1O[C@@](C)(c2ccccc2)[C@H]2CCCN21. The van der Waals surface area contributed by atoms with E-state index in [0.29, 0.717) is 6.42 Å². The summed E-state index contributed by atoms with van der Waals surface area (Å²) in [6, 6.07) is 12.3. The number of carbonyl (C=O) groups excluding carboxylic acids is 1. The fourth-order valence-corrected chi connectivity index (χ4v) is 7.36. The Kier molecular flexibility index (Phi) is 6.57. The number of fused-ring (bicyclic) bond motifs is 1. The number of hydrogen-bond acceptors (Lipinski definition) is 7. The first-order valence-corrected chi connectivity index (χ1v) is 13.0. The minimum absolute atomic E-state index is 0.150. The van der Waals surface area contributed by atoms with Crippen LogP contribution in [0.15, 0.2) is 47.4 Å². The highest BCUT2D eigenvalue weighted by molar-refractivity contribution is 7.45. The quantitative estimate of drug-likeness (QED) is 0.619. The lowest BCUT2D eigenvalue weighted by molar-refractivity contribution is -0.114. The van der Waals surface area contributed by atoms with E-state index in [2.05, 4.69) is 53.1 Å². The van der Waals surface area contributed by atoms with Gasteiger partial charge in [0.2, 0.25) is 5.91 Å². The highest BCUT2D eigenvalue weighted by Crippen LogP contribution is 2.64. The van der Waals surface area contributed by atoms with Crippen LogP contribution in [0.5, 0.6) is 0 Å². The molecular weight excluding hydrogens is 455 g/mol. The van der Waals surface area contributed by atoms with Crippen LogP contribution < -0.4 is 11.0 Å². The van der Waals surface area contributed by atoms with Crippen molar-refractivity contribution in [3.05, 3.63) is 58.6 Å². The molecule has 1 amide bonds. The van der Waals surface area contributed by atoms with Crippen LogP contribution in [0, 0.1) is 0 Å². The molecule has 34 heavy (non-hydrogen) atoms. The molecule has 9 nitrogen and oxygen atoms in total. The van der Waals surface area contributed by atoms with Crippen molar-refractivity contribution in [2.45, 2.75) is 76.5 Å². The van der Waals surface area contributed by atoms with Gasteiger partial charge in [0.25, 0.3) is 8.53 Å². The molecule has 0 radical (unpaired) electrons. The third-order valence-electron chi connectivity index (χ3n) is 6.94. The Morgan fingerprint density at radius 3 is 2.82 bits per heavy atom. The van der Waals surface area contributed by atoms with Crippen molar-refractivity contribution in [3.8, 4) is 0 Å². The summed E-state index contributed by atoms with van der Waals surface area (Å²) in [5.74, 6) is -0.0439. The van der Waals surface area contributed by atoms with Crippen LogP contribution in [-0.4, -0.2) is 44.9 Å². The fraction of sp³-hybridized carbons (Fsp3) is 0.542. The smallest absolute Gasteiger partial charge is 0.351 e. The summed E-state index contributed by atoms with van der Waals surface area (Å²) in [6.45, 7) is 6.56. The lowest BCUT2D eigenvalue weighted by Gasteiger charge is -2.29. The molecule has 1 N–H and O–H groups in total. The average Bonchev–Trinajstić information content (AvgIpc) is 3.51. The van der Waals surface area contributed by atoms with E-state index in [1.807, 2.05) is 6.07 Å². The molecule has 0 spiro atoms. The van der Waals surface area contributed by atoms with E-state index >= 15 is 0 Å². The van der Waals surface area contributed by atoms with E-state index in [-0.39, 0.29) is 30.0 Å². The van der Waals surface area contributed by atoms with E-state index < -0.39 is 26.0 Å². The molecule has 5 rings (SSSR count). The summed E-state index contributed by atoms with van der Waals surface area (Å²) < 4.78 is 23.4. The first-order valence-electron chi connectivity index (χ1n) is 11.9. The summed E-state index contributed by atoms with van der Waals surface area (Å²) in [6.07, 6.45) is 4.29. The van der Waals surface area contributed by atoms with Gasteiger partial charge < -0.3 is 19.1 Å². The molecule has 182 valence electrons. The number of nitrogens with one attached hydrogen (secondary N) is 1. The van der Waals surface area contributed by atoms with E-state index in [1.54, 1.807) is 12.3 Å². The van der Waals surface area contributed by atoms with Crippen molar-refractivity contribution in [1.82, 2.24) is 14.2 Å². The summed E-state index contributed by atoms with van der Waals surface area (Å²) in [5, 5.41) is 2.53. The number of hydrogen-bond donors (Lipinski definition) is 1. The lowest BCUT2D eigenvalue weighted by Crippen LogP contribution is -2.36. The van der Waals surface area contributed by atoms with Gasteiger partial charge in [-0.1, -0.05) is 37.3 Å². The minimum atomic E-state index is -1.25. The van der Waals surface area contributed by atoms with Gasteiger partial charge in [-0.3, -0.25) is 9.36 Å². The second-order valence-electron chi connectivity index (χ2n) is 9.22. The van der Waals surface area contributed by atoms with Gasteiger partial charge >= 0.3 is 5.69 Å². The molecule has 3 fully saturated rings. The fourth-order valence-electron chi connectivity index (χ4n) is 5.22. The molecule has 0 saturated carbocycles. The first kappa shape index (κ1) is 23.6. The van der Waals surface area contributed by atoms with Gasteiger partial charge in [-0.2, -0.15) is 4.98 Å². The second-order valence-corrected chi connectivity index (χ2v) is 10.6. The normalized spacial score (nSPS) is 33.2. The van der Waals surface area contributed by atoms with Crippen LogP contribution in [0.4, 0.5) is 5.82 Å². The summed E-state index contributed by atoms with van der Waals surface area (Å²) >= 11 is 0. The van der Waals surface area contributed by atoms with Gasteiger partial charge in [0.05, 0.1) is 18.2 Å². The molecule has 3 aliphatic heterocycles. The summed E-state index contributed by atoms with van der Waals surface area (Å²) in [4.78, 5) is 27.8. The van der Waals surface area contributed by atoms with Crippen molar-refractivity contribution in [2.24, 2.45) is 0 Å². The van der Waals surface area contributed by atoms with E-state index in [9.17, 15) is 9.59 Å². The predicted octanol–water partition coefficient (Wildman–Crippen LogP) is 3.92. The monoisotopic (exact) mass is 486 g/mol. The number of aromatic nitrogens is 2. The summed E-state index contributed by atoms with van der Waals surface area (Å²) in [5.41, 5.74) is 0.292. The Balaban J connectivity index is 1.33. The predicted molar refractivity (Wildman–Crippen MR) is 128 cm³/mol. The molecule has 2 aromatic rings. The minimum Gasteiger partial charge on any atom is -0.352 e. The zero-order valence-corrected chi connectivity index (χ0v) is 20.6. The molecule has 3 aliphatic rings. The van der Waals surface area contributed by atoms with Gasteiger partial charge in [0, 0.05) is 26.1 Å². The summed E-state index contributed by atoms with van der Waals surface area (Å²) in [7, 11) is -1.25. The van der Waals surface area contributed by atoms with Gasteiger partial charge in [-0.25, -0.2) is 9.46 Å². The van der Waals surface area contributed by atoms with Crippen LogP contribution in [0.25, 0.3) is 0 Å². The van der Waals surface area contributed by atoms with Crippen molar-refractivity contribution < 1.29 is 18.6 Å². The number of rotatable bonds is 6. The molecular formula is C24H31N4O5P. The highest BCUT2D eigenvalue weighted by atomic mass is 31.2. The van der Waals surface area contributed by atoms with Crippen LogP contribution in [-0.2, 0) is 24.2 Å². The maximum atomic E-state index is 12.6. The highest BCUT2D eigenvalue weighted by Gasteiger charge is 2.56. The zero-order chi connectivity index (χ0) is 23.9. The van der Waals surface area contributed by atoms with Crippen LogP contribution in [0.2, 0.25) is 0 Å². The number of benzene rings is 1. The Bertz CT molecular complexity index is 1100. The molecule has 1 aromatic carbocycles. The van der Waals surface area contributed by atoms with Crippen LogP contribution in [0.1, 0.15) is 58.2 Å². The van der Waals surface area contributed by atoms with Gasteiger partial charge in [0.15, 0.2) is 0 Å². The second kappa shape index (κ2) is 9.47. The third-order valence-corrected chi connectivity index (χ3v) is 8.82. The molecule has 4 heterocycles. The lowest BCUT2D eigenvalue weighted by atomic mass is 9.87. The van der Waals surface area contributed by atoms with E-state index in [0.717, 1.165) is 25.8 Å². The Morgan fingerprint density at radius 2 is 2.12 bits per heavy atom. The van der Waals surface area contributed by atoms with Crippen LogP contribution >= 0.6 is 8.53 Å². The zero-order valence-electron chi connectivity index (χ0n) is 19.7. The molecule has 10 heteroatoms. The third kappa shape index (κ3) is 4.32. The van der Waals surface area contributed by atoms with E-state index in [1.165, 1.54) is 17.1 Å². The largest absolute Gasteiger partial charge is 0.352 e. The number of anilines is 1. The molecule has 6 atom stereocenters.